The van der Waals surface area contributed by atoms with Crippen molar-refractivity contribution in [1.82, 2.24) is 4.98 Å². The van der Waals surface area contributed by atoms with E-state index in [2.05, 4.69) is 33.0 Å². The largest absolute Gasteiger partial charge is 0.481 e. The number of hydrogen-bond acceptors (Lipinski definition) is 3. The van der Waals surface area contributed by atoms with Crippen LogP contribution >= 0.6 is 15.9 Å². The summed E-state index contributed by atoms with van der Waals surface area (Å²) in [6.45, 7) is 0. The average Bonchev–Trinajstić information content (AvgIpc) is 3.11. The van der Waals surface area contributed by atoms with Gasteiger partial charge in [0.05, 0.1) is 7.11 Å². The predicted octanol–water partition coefficient (Wildman–Crippen LogP) is 4.94. The van der Waals surface area contributed by atoms with Crippen LogP contribution in [0.25, 0.3) is 0 Å². The zero-order chi connectivity index (χ0) is 16.9. The van der Waals surface area contributed by atoms with Gasteiger partial charge in [-0.05, 0) is 42.0 Å². The van der Waals surface area contributed by atoms with Crippen molar-refractivity contribution in [3.63, 3.8) is 0 Å². The van der Waals surface area contributed by atoms with Crippen LogP contribution in [0.2, 0.25) is 0 Å². The van der Waals surface area contributed by atoms with Gasteiger partial charge in [0.2, 0.25) is 5.88 Å². The van der Waals surface area contributed by atoms with Crippen molar-refractivity contribution in [2.24, 2.45) is 5.92 Å². The fraction of sp³-hybridized carbons (Fsp3) is 0.400. The van der Waals surface area contributed by atoms with Gasteiger partial charge in [-0.25, -0.2) is 4.98 Å². The molecule has 1 aliphatic carbocycles. The Balaban J connectivity index is 1.81. The maximum atomic E-state index is 13.1. The summed E-state index contributed by atoms with van der Waals surface area (Å²) >= 11 is 3.48. The first-order valence-electron chi connectivity index (χ1n) is 8.44. The molecule has 1 aromatic heterocycles. The van der Waals surface area contributed by atoms with Crippen LogP contribution in [-0.2, 0) is 11.2 Å². The van der Waals surface area contributed by atoms with Crippen LogP contribution < -0.4 is 4.74 Å². The van der Waals surface area contributed by atoms with Gasteiger partial charge in [-0.15, -0.1) is 0 Å². The summed E-state index contributed by atoms with van der Waals surface area (Å²) < 4.78 is 6.13. The van der Waals surface area contributed by atoms with E-state index >= 15 is 0 Å². The molecule has 0 spiro atoms. The van der Waals surface area contributed by atoms with E-state index in [4.69, 9.17) is 4.74 Å². The topological polar surface area (TPSA) is 39.2 Å². The molecule has 3 rings (SSSR count). The van der Waals surface area contributed by atoms with Crippen molar-refractivity contribution in [2.75, 3.05) is 7.11 Å². The summed E-state index contributed by atoms with van der Waals surface area (Å²) in [6.07, 6.45) is 6.92. The lowest BCUT2D eigenvalue weighted by Gasteiger charge is -2.23. The minimum Gasteiger partial charge on any atom is -0.481 e. The van der Waals surface area contributed by atoms with E-state index < -0.39 is 0 Å². The number of carbonyl (C=O) groups is 1. The summed E-state index contributed by atoms with van der Waals surface area (Å²) in [5, 5.41) is 0. The van der Waals surface area contributed by atoms with E-state index in [-0.39, 0.29) is 11.7 Å². The molecule has 0 radical (unpaired) electrons. The molecule has 126 valence electrons. The van der Waals surface area contributed by atoms with Crippen LogP contribution in [0.4, 0.5) is 0 Å². The number of aromatic nitrogens is 1. The third kappa shape index (κ3) is 4.04. The molecule has 1 aromatic carbocycles. The number of benzene rings is 1. The highest BCUT2D eigenvalue weighted by Crippen LogP contribution is 2.38. The molecule has 0 amide bonds. The molecule has 0 saturated heterocycles. The maximum Gasteiger partial charge on any atom is 0.212 e. The third-order valence-corrected chi connectivity index (χ3v) is 5.36. The number of carbonyl (C=O) groups excluding carboxylic acids is 1. The number of Topliss-reactive ketones (excluding diaryl/α,β-unsaturated/α-hetero) is 1. The second-order valence-electron chi connectivity index (χ2n) is 6.43. The zero-order valence-corrected chi connectivity index (χ0v) is 15.5. The Labute approximate surface area is 151 Å². The number of methoxy groups -OCH3 is 1. The van der Waals surface area contributed by atoms with Gasteiger partial charge in [-0.1, -0.05) is 47.0 Å². The Kier molecular flexibility index (Phi) is 5.67. The van der Waals surface area contributed by atoms with Crippen LogP contribution in [0.5, 0.6) is 5.88 Å². The Hall–Kier alpha value is -1.68. The van der Waals surface area contributed by atoms with Gasteiger partial charge in [-0.3, -0.25) is 4.79 Å². The quantitative estimate of drug-likeness (QED) is 0.704. The fourth-order valence-corrected chi connectivity index (χ4v) is 3.89. The minimum absolute atomic E-state index is 0.0114. The summed E-state index contributed by atoms with van der Waals surface area (Å²) in [5.41, 5.74) is 2.08. The molecule has 0 bridgehead atoms. The lowest BCUT2D eigenvalue weighted by Crippen LogP contribution is -2.22. The average molecular weight is 388 g/mol. The lowest BCUT2D eigenvalue weighted by molar-refractivity contribution is -0.121. The summed E-state index contributed by atoms with van der Waals surface area (Å²) in [5.74, 6) is 1.32. The van der Waals surface area contributed by atoms with Crippen LogP contribution in [0.3, 0.4) is 0 Å². The predicted molar refractivity (Wildman–Crippen MR) is 98.3 cm³/mol. The number of ether oxygens (including phenoxy) is 1. The Morgan fingerprint density at radius 1 is 1.21 bits per heavy atom. The Morgan fingerprint density at radius 3 is 2.50 bits per heavy atom. The first kappa shape index (κ1) is 17.2. The lowest BCUT2D eigenvalue weighted by atomic mass is 9.80. The van der Waals surface area contributed by atoms with Gasteiger partial charge in [-0.2, -0.15) is 0 Å². The number of nitrogens with zero attached hydrogens (tertiary/aromatic N) is 1. The highest BCUT2D eigenvalue weighted by molar-refractivity contribution is 9.10. The van der Waals surface area contributed by atoms with Crippen molar-refractivity contribution < 1.29 is 9.53 Å². The smallest absolute Gasteiger partial charge is 0.212 e. The molecule has 1 aliphatic rings. The standard InChI is InChI=1S/C20H22BrNO2/c1-24-19-11-6-14(13-22-19)12-18(23)20(15-4-2-3-5-15)16-7-9-17(21)10-8-16/h6-11,13,15,20H,2-5,12H2,1H3. The molecule has 1 saturated carbocycles. The molecule has 4 heteroatoms. The van der Waals surface area contributed by atoms with Crippen molar-refractivity contribution >= 4 is 21.7 Å². The first-order valence-corrected chi connectivity index (χ1v) is 9.24. The third-order valence-electron chi connectivity index (χ3n) is 4.83. The van der Waals surface area contributed by atoms with Crippen LogP contribution in [0, 0.1) is 5.92 Å². The summed E-state index contributed by atoms with van der Waals surface area (Å²) in [6, 6.07) is 12.0. The van der Waals surface area contributed by atoms with Gasteiger partial charge in [0.25, 0.3) is 0 Å². The monoisotopic (exact) mass is 387 g/mol. The van der Waals surface area contributed by atoms with Crippen molar-refractivity contribution in [3.8, 4) is 5.88 Å². The molecule has 3 nitrogen and oxygen atoms in total. The normalized spacial score (nSPS) is 16.1. The van der Waals surface area contributed by atoms with Gasteiger partial charge in [0, 0.05) is 29.1 Å². The zero-order valence-electron chi connectivity index (χ0n) is 13.9. The highest BCUT2D eigenvalue weighted by atomic mass is 79.9. The van der Waals surface area contributed by atoms with Gasteiger partial charge in [0.1, 0.15) is 5.78 Å². The molecule has 1 unspecified atom stereocenters. The molecular formula is C20H22BrNO2. The van der Waals surface area contributed by atoms with E-state index in [0.29, 0.717) is 18.2 Å². The first-order chi connectivity index (χ1) is 11.7. The summed E-state index contributed by atoms with van der Waals surface area (Å²) in [7, 11) is 1.59. The molecular weight excluding hydrogens is 366 g/mol. The van der Waals surface area contributed by atoms with E-state index in [1.807, 2.05) is 24.3 Å². The SMILES string of the molecule is COc1ccc(CC(=O)C(c2ccc(Br)cc2)C2CCCC2)cn1. The molecule has 0 N–H and O–H groups in total. The van der Waals surface area contributed by atoms with E-state index in [0.717, 1.165) is 28.4 Å². The Morgan fingerprint density at radius 2 is 1.92 bits per heavy atom. The van der Waals surface area contributed by atoms with Crippen molar-refractivity contribution in [1.29, 1.82) is 0 Å². The van der Waals surface area contributed by atoms with Gasteiger partial charge >= 0.3 is 0 Å². The second-order valence-corrected chi connectivity index (χ2v) is 7.34. The fourth-order valence-electron chi connectivity index (χ4n) is 3.63. The minimum atomic E-state index is -0.0114. The number of pyridine rings is 1. The second kappa shape index (κ2) is 7.93. The van der Waals surface area contributed by atoms with Gasteiger partial charge in [0.15, 0.2) is 0 Å². The number of ketones is 1. The molecule has 1 atom stereocenters. The molecule has 24 heavy (non-hydrogen) atoms. The Bertz CT molecular complexity index is 676. The summed E-state index contributed by atoms with van der Waals surface area (Å²) in [4.78, 5) is 17.3. The van der Waals surface area contributed by atoms with E-state index in [9.17, 15) is 4.79 Å². The molecule has 1 fully saturated rings. The van der Waals surface area contributed by atoms with E-state index in [1.54, 1.807) is 13.3 Å². The van der Waals surface area contributed by atoms with Crippen molar-refractivity contribution in [2.45, 2.75) is 38.0 Å². The van der Waals surface area contributed by atoms with Gasteiger partial charge < -0.3 is 4.74 Å². The maximum absolute atomic E-state index is 13.1. The molecule has 1 heterocycles. The van der Waals surface area contributed by atoms with Crippen LogP contribution in [0.15, 0.2) is 47.1 Å². The highest BCUT2D eigenvalue weighted by Gasteiger charge is 2.31. The van der Waals surface area contributed by atoms with E-state index in [1.165, 1.54) is 12.8 Å². The number of hydrogen-bond donors (Lipinski definition) is 0. The van der Waals surface area contributed by atoms with Crippen LogP contribution in [-0.4, -0.2) is 17.9 Å². The number of rotatable bonds is 6. The number of halogens is 1. The van der Waals surface area contributed by atoms with Crippen LogP contribution in [0.1, 0.15) is 42.7 Å². The molecule has 2 aromatic rings. The van der Waals surface area contributed by atoms with Crippen molar-refractivity contribution in [3.05, 3.63) is 58.2 Å². The molecule has 0 aliphatic heterocycles.